The zero-order chi connectivity index (χ0) is 18.2. The minimum absolute atomic E-state index is 0.270. The fraction of sp³-hybridized carbons (Fsp3) is 0.350. The van der Waals surface area contributed by atoms with E-state index in [1.54, 1.807) is 13.0 Å². The summed E-state index contributed by atoms with van der Waals surface area (Å²) in [5.41, 5.74) is 2.14. The molecule has 2 aromatic carbocycles. The van der Waals surface area contributed by atoms with Crippen LogP contribution in [0.5, 0.6) is 11.5 Å². The highest BCUT2D eigenvalue weighted by molar-refractivity contribution is 5.95. The van der Waals surface area contributed by atoms with E-state index in [1.165, 1.54) is 12.1 Å². The van der Waals surface area contributed by atoms with E-state index in [0.29, 0.717) is 43.2 Å². The fourth-order valence-corrected chi connectivity index (χ4v) is 2.51. The molecule has 0 spiro atoms. The molecule has 0 aromatic heterocycles. The Morgan fingerprint density at radius 2 is 1.76 bits per heavy atom. The van der Waals surface area contributed by atoms with E-state index in [4.69, 9.17) is 9.47 Å². The lowest BCUT2D eigenvalue weighted by Gasteiger charge is -2.13. The standard InChI is InChI=1S/C20H24FNO3/c1-4-24-18-9-7-15(12-19(18)25-5-2)10-11-22-20(23)17-13-16(21)8-6-14(17)3/h6-9,12-13H,4-5,10-11H2,1-3H3,(H,22,23). The van der Waals surface area contributed by atoms with Gasteiger partial charge in [-0.1, -0.05) is 12.1 Å². The van der Waals surface area contributed by atoms with E-state index in [2.05, 4.69) is 5.32 Å². The van der Waals surface area contributed by atoms with Crippen molar-refractivity contribution in [2.75, 3.05) is 19.8 Å². The van der Waals surface area contributed by atoms with E-state index < -0.39 is 5.82 Å². The van der Waals surface area contributed by atoms with Crippen LogP contribution in [-0.2, 0) is 6.42 Å². The van der Waals surface area contributed by atoms with Crippen molar-refractivity contribution in [3.63, 3.8) is 0 Å². The lowest BCUT2D eigenvalue weighted by molar-refractivity contribution is 0.0953. The van der Waals surface area contributed by atoms with Gasteiger partial charge in [-0.05, 0) is 62.6 Å². The highest BCUT2D eigenvalue weighted by Gasteiger charge is 2.10. The molecule has 1 amide bonds. The van der Waals surface area contributed by atoms with Crippen molar-refractivity contribution in [3.05, 3.63) is 58.9 Å². The summed E-state index contributed by atoms with van der Waals surface area (Å²) in [6, 6.07) is 9.96. The number of nitrogens with one attached hydrogen (secondary N) is 1. The molecular weight excluding hydrogens is 321 g/mol. The second kappa shape index (κ2) is 9.06. The maximum atomic E-state index is 13.3. The lowest BCUT2D eigenvalue weighted by atomic mass is 10.1. The number of hydrogen-bond acceptors (Lipinski definition) is 3. The van der Waals surface area contributed by atoms with Crippen LogP contribution in [0, 0.1) is 12.7 Å². The topological polar surface area (TPSA) is 47.6 Å². The first-order valence-electron chi connectivity index (χ1n) is 8.48. The molecular formula is C20H24FNO3. The van der Waals surface area contributed by atoms with Crippen LogP contribution < -0.4 is 14.8 Å². The molecule has 0 aliphatic carbocycles. The van der Waals surface area contributed by atoms with Gasteiger partial charge in [0.1, 0.15) is 5.82 Å². The lowest BCUT2D eigenvalue weighted by Crippen LogP contribution is -2.26. The maximum absolute atomic E-state index is 13.3. The Morgan fingerprint density at radius 1 is 1.04 bits per heavy atom. The van der Waals surface area contributed by atoms with Crippen molar-refractivity contribution in [3.8, 4) is 11.5 Å². The fourth-order valence-electron chi connectivity index (χ4n) is 2.51. The number of ether oxygens (including phenoxy) is 2. The summed E-state index contributed by atoms with van der Waals surface area (Å²) in [5.74, 6) is 0.734. The molecule has 25 heavy (non-hydrogen) atoms. The number of halogens is 1. The molecule has 0 atom stereocenters. The van der Waals surface area contributed by atoms with Gasteiger partial charge in [-0.25, -0.2) is 4.39 Å². The molecule has 0 saturated carbocycles. The van der Waals surface area contributed by atoms with Crippen LogP contribution in [0.3, 0.4) is 0 Å². The van der Waals surface area contributed by atoms with Gasteiger partial charge in [-0.15, -0.1) is 0 Å². The monoisotopic (exact) mass is 345 g/mol. The number of carbonyl (C=O) groups excluding carboxylic acids is 1. The first-order chi connectivity index (χ1) is 12.0. The molecule has 0 unspecified atom stereocenters. The summed E-state index contributed by atoms with van der Waals surface area (Å²) in [5, 5.41) is 2.83. The average Bonchev–Trinajstić information content (AvgIpc) is 2.59. The Kier molecular flexibility index (Phi) is 6.81. The van der Waals surface area contributed by atoms with E-state index in [9.17, 15) is 9.18 Å². The molecule has 0 fully saturated rings. The van der Waals surface area contributed by atoms with Gasteiger partial charge >= 0.3 is 0 Å². The number of benzene rings is 2. The molecule has 5 heteroatoms. The number of hydrogen-bond donors (Lipinski definition) is 1. The highest BCUT2D eigenvalue weighted by atomic mass is 19.1. The van der Waals surface area contributed by atoms with Crippen molar-refractivity contribution in [1.29, 1.82) is 0 Å². The summed E-state index contributed by atoms with van der Waals surface area (Å²) in [4.78, 5) is 12.2. The number of rotatable bonds is 8. The summed E-state index contributed by atoms with van der Waals surface area (Å²) in [6.07, 6.45) is 0.645. The van der Waals surface area contributed by atoms with E-state index >= 15 is 0 Å². The molecule has 0 aliphatic heterocycles. The van der Waals surface area contributed by atoms with Crippen LogP contribution in [0.2, 0.25) is 0 Å². The number of carbonyl (C=O) groups is 1. The van der Waals surface area contributed by atoms with Gasteiger partial charge in [0.15, 0.2) is 11.5 Å². The van der Waals surface area contributed by atoms with Crippen LogP contribution in [0.1, 0.15) is 35.3 Å². The predicted molar refractivity (Wildman–Crippen MR) is 96.0 cm³/mol. The second-order valence-corrected chi connectivity index (χ2v) is 5.61. The molecule has 0 bridgehead atoms. The molecule has 2 rings (SSSR count). The molecule has 4 nitrogen and oxygen atoms in total. The third-order valence-corrected chi connectivity index (χ3v) is 3.75. The molecule has 1 N–H and O–H groups in total. The van der Waals surface area contributed by atoms with Crippen LogP contribution in [0.4, 0.5) is 4.39 Å². The quantitative estimate of drug-likeness (QED) is 0.789. The van der Waals surface area contributed by atoms with E-state index in [0.717, 1.165) is 11.1 Å². The summed E-state index contributed by atoms with van der Waals surface area (Å²) in [6.45, 7) is 7.21. The first kappa shape index (κ1) is 18.8. The van der Waals surface area contributed by atoms with Gasteiger partial charge in [0, 0.05) is 12.1 Å². The Morgan fingerprint density at radius 3 is 2.48 bits per heavy atom. The summed E-state index contributed by atoms with van der Waals surface area (Å²) < 4.78 is 24.4. The van der Waals surface area contributed by atoms with Crippen molar-refractivity contribution >= 4 is 5.91 Å². The Labute approximate surface area is 148 Å². The van der Waals surface area contributed by atoms with Crippen LogP contribution in [-0.4, -0.2) is 25.7 Å². The third kappa shape index (κ3) is 5.21. The van der Waals surface area contributed by atoms with Gasteiger partial charge in [-0.3, -0.25) is 4.79 Å². The van der Waals surface area contributed by atoms with Crippen LogP contribution in [0.15, 0.2) is 36.4 Å². The zero-order valence-corrected chi connectivity index (χ0v) is 14.9. The van der Waals surface area contributed by atoms with Gasteiger partial charge in [0.2, 0.25) is 0 Å². The molecule has 0 radical (unpaired) electrons. The maximum Gasteiger partial charge on any atom is 0.251 e. The van der Waals surface area contributed by atoms with Crippen LogP contribution in [0.25, 0.3) is 0 Å². The predicted octanol–water partition coefficient (Wildman–Crippen LogP) is 3.90. The largest absolute Gasteiger partial charge is 0.490 e. The molecule has 0 saturated heterocycles. The molecule has 2 aromatic rings. The molecule has 0 aliphatic rings. The molecule has 134 valence electrons. The minimum atomic E-state index is -0.413. The van der Waals surface area contributed by atoms with Gasteiger partial charge in [0.25, 0.3) is 5.91 Å². The SMILES string of the molecule is CCOc1ccc(CCNC(=O)c2cc(F)ccc2C)cc1OCC. The molecule has 0 heterocycles. The number of amides is 1. The smallest absolute Gasteiger partial charge is 0.251 e. The van der Waals surface area contributed by atoms with Crippen molar-refractivity contribution in [2.45, 2.75) is 27.2 Å². The minimum Gasteiger partial charge on any atom is -0.490 e. The normalized spacial score (nSPS) is 10.4. The van der Waals surface area contributed by atoms with Crippen molar-refractivity contribution < 1.29 is 18.7 Å². The van der Waals surface area contributed by atoms with Gasteiger partial charge in [-0.2, -0.15) is 0 Å². The van der Waals surface area contributed by atoms with E-state index in [-0.39, 0.29) is 5.91 Å². The van der Waals surface area contributed by atoms with Gasteiger partial charge in [0.05, 0.1) is 13.2 Å². The van der Waals surface area contributed by atoms with Gasteiger partial charge < -0.3 is 14.8 Å². The Balaban J connectivity index is 1.98. The van der Waals surface area contributed by atoms with Crippen LogP contribution >= 0.6 is 0 Å². The van der Waals surface area contributed by atoms with E-state index in [1.807, 2.05) is 32.0 Å². The van der Waals surface area contributed by atoms with Crippen molar-refractivity contribution in [2.24, 2.45) is 0 Å². The number of aryl methyl sites for hydroxylation is 1. The summed E-state index contributed by atoms with van der Waals surface area (Å²) >= 11 is 0. The second-order valence-electron chi connectivity index (χ2n) is 5.61. The summed E-state index contributed by atoms with van der Waals surface area (Å²) in [7, 11) is 0. The Hall–Kier alpha value is -2.56. The third-order valence-electron chi connectivity index (χ3n) is 3.75. The average molecular weight is 345 g/mol. The van der Waals surface area contributed by atoms with Crippen molar-refractivity contribution in [1.82, 2.24) is 5.32 Å². The Bertz CT molecular complexity index is 731. The zero-order valence-electron chi connectivity index (χ0n) is 14.9. The first-order valence-corrected chi connectivity index (χ1v) is 8.48. The highest BCUT2D eigenvalue weighted by Crippen LogP contribution is 2.28.